The van der Waals surface area contributed by atoms with Crippen LogP contribution in [0.4, 0.5) is 0 Å². The van der Waals surface area contributed by atoms with Crippen LogP contribution in [-0.4, -0.2) is 41.0 Å². The van der Waals surface area contributed by atoms with E-state index in [2.05, 4.69) is 5.32 Å². The Morgan fingerprint density at radius 2 is 1.87 bits per heavy atom. The van der Waals surface area contributed by atoms with Gasteiger partial charge in [0.2, 0.25) is 0 Å². The molecule has 1 aliphatic heterocycles. The Hall–Kier alpha value is -2.76. The van der Waals surface area contributed by atoms with Crippen molar-refractivity contribution in [2.75, 3.05) is 13.1 Å². The molecule has 0 aliphatic carbocycles. The quantitative estimate of drug-likeness (QED) is 0.908. The Morgan fingerprint density at radius 3 is 2.52 bits per heavy atom. The van der Waals surface area contributed by atoms with Gasteiger partial charge >= 0.3 is 0 Å². The second-order valence-electron chi connectivity index (χ2n) is 5.53. The number of para-hydroxylation sites is 1. The molecule has 2 aromatic rings. The van der Waals surface area contributed by atoms with E-state index in [1.54, 1.807) is 35.2 Å². The summed E-state index contributed by atoms with van der Waals surface area (Å²) in [5, 5.41) is 12.6. The lowest BCUT2D eigenvalue weighted by Gasteiger charge is -2.31. The van der Waals surface area contributed by atoms with E-state index >= 15 is 0 Å². The number of nitrogens with one attached hydrogen (secondary N) is 1. The molecule has 2 N–H and O–H groups in total. The van der Waals surface area contributed by atoms with Gasteiger partial charge in [0.1, 0.15) is 5.75 Å². The van der Waals surface area contributed by atoms with Crippen LogP contribution in [0.15, 0.2) is 47.1 Å². The topological polar surface area (TPSA) is 82.8 Å². The third-order valence-electron chi connectivity index (χ3n) is 4.00. The number of hydrogen-bond acceptors (Lipinski definition) is 4. The van der Waals surface area contributed by atoms with Gasteiger partial charge in [-0.2, -0.15) is 0 Å². The summed E-state index contributed by atoms with van der Waals surface area (Å²) >= 11 is 0. The molecule has 1 fully saturated rings. The van der Waals surface area contributed by atoms with Gasteiger partial charge in [-0.25, -0.2) is 0 Å². The molecule has 3 rings (SSSR count). The van der Waals surface area contributed by atoms with Gasteiger partial charge in [-0.15, -0.1) is 0 Å². The van der Waals surface area contributed by atoms with Gasteiger partial charge in [0, 0.05) is 19.1 Å². The lowest BCUT2D eigenvalue weighted by atomic mass is 10.0. The normalized spacial score (nSPS) is 15.4. The van der Waals surface area contributed by atoms with Crippen molar-refractivity contribution >= 4 is 11.8 Å². The lowest BCUT2D eigenvalue weighted by Crippen LogP contribution is -2.46. The molecule has 6 nitrogen and oxygen atoms in total. The summed E-state index contributed by atoms with van der Waals surface area (Å²) in [5.74, 6) is -0.114. The molecule has 0 bridgehead atoms. The SMILES string of the molecule is O=C(NC1CCN(C(=O)c2ccco2)CC1)c1ccccc1O. The Labute approximate surface area is 133 Å². The van der Waals surface area contributed by atoms with Gasteiger partial charge in [0.15, 0.2) is 5.76 Å². The smallest absolute Gasteiger partial charge is 0.289 e. The minimum Gasteiger partial charge on any atom is -0.507 e. The Kier molecular flexibility index (Phi) is 4.32. The van der Waals surface area contributed by atoms with Gasteiger partial charge in [0.05, 0.1) is 11.8 Å². The average molecular weight is 314 g/mol. The van der Waals surface area contributed by atoms with Crippen molar-refractivity contribution in [3.05, 3.63) is 54.0 Å². The highest BCUT2D eigenvalue weighted by Crippen LogP contribution is 2.18. The molecular weight excluding hydrogens is 296 g/mol. The molecule has 0 spiro atoms. The molecule has 0 radical (unpaired) electrons. The fourth-order valence-corrected chi connectivity index (χ4v) is 2.71. The number of carbonyl (C=O) groups excluding carboxylic acids is 2. The van der Waals surface area contributed by atoms with Crippen LogP contribution in [0.25, 0.3) is 0 Å². The molecule has 120 valence electrons. The average Bonchev–Trinajstić information content (AvgIpc) is 3.09. The van der Waals surface area contributed by atoms with Crippen molar-refractivity contribution in [1.29, 1.82) is 0 Å². The lowest BCUT2D eigenvalue weighted by molar-refractivity contribution is 0.0667. The number of aromatic hydroxyl groups is 1. The van der Waals surface area contributed by atoms with Crippen LogP contribution in [0.5, 0.6) is 5.75 Å². The van der Waals surface area contributed by atoms with Gasteiger partial charge < -0.3 is 19.7 Å². The summed E-state index contributed by atoms with van der Waals surface area (Å²) in [6, 6.07) is 9.77. The number of likely N-dealkylation sites (tertiary alicyclic amines) is 1. The van der Waals surface area contributed by atoms with Crippen molar-refractivity contribution in [3.63, 3.8) is 0 Å². The first kappa shape index (κ1) is 15.1. The Balaban J connectivity index is 1.54. The largest absolute Gasteiger partial charge is 0.507 e. The monoisotopic (exact) mass is 314 g/mol. The number of phenolic OH excluding ortho intramolecular Hbond substituents is 1. The predicted octanol–water partition coefficient (Wildman–Crippen LogP) is 2.02. The van der Waals surface area contributed by atoms with Crippen molar-refractivity contribution in [2.24, 2.45) is 0 Å². The maximum atomic E-state index is 12.2. The fraction of sp³-hybridized carbons (Fsp3) is 0.294. The number of hydrogen-bond donors (Lipinski definition) is 2. The van der Waals surface area contributed by atoms with E-state index in [0.717, 1.165) is 0 Å². The van der Waals surface area contributed by atoms with Crippen LogP contribution in [0.3, 0.4) is 0 Å². The molecule has 23 heavy (non-hydrogen) atoms. The third kappa shape index (κ3) is 3.36. The summed E-state index contributed by atoms with van der Waals surface area (Å²) < 4.78 is 5.12. The number of nitrogens with zero attached hydrogens (tertiary/aromatic N) is 1. The highest BCUT2D eigenvalue weighted by Gasteiger charge is 2.26. The molecule has 1 aromatic heterocycles. The highest BCUT2D eigenvalue weighted by atomic mass is 16.3. The van der Waals surface area contributed by atoms with Crippen molar-refractivity contribution in [3.8, 4) is 5.75 Å². The van der Waals surface area contributed by atoms with Crippen molar-refractivity contribution in [2.45, 2.75) is 18.9 Å². The maximum Gasteiger partial charge on any atom is 0.289 e. The molecule has 1 aromatic carbocycles. The molecule has 2 amide bonds. The van der Waals surface area contributed by atoms with E-state index in [-0.39, 0.29) is 29.2 Å². The second-order valence-corrected chi connectivity index (χ2v) is 5.53. The number of benzene rings is 1. The van der Waals surface area contributed by atoms with E-state index in [4.69, 9.17) is 4.42 Å². The fourth-order valence-electron chi connectivity index (χ4n) is 2.71. The number of furan rings is 1. The van der Waals surface area contributed by atoms with Gasteiger partial charge in [-0.05, 0) is 37.1 Å². The predicted molar refractivity (Wildman–Crippen MR) is 83.2 cm³/mol. The van der Waals surface area contributed by atoms with Crippen molar-refractivity contribution < 1.29 is 19.1 Å². The number of piperidine rings is 1. The van der Waals surface area contributed by atoms with Gasteiger partial charge in [-0.1, -0.05) is 12.1 Å². The molecular formula is C17H18N2O4. The van der Waals surface area contributed by atoms with Gasteiger partial charge in [0.25, 0.3) is 11.8 Å². The van der Waals surface area contributed by atoms with Crippen LogP contribution in [0.2, 0.25) is 0 Å². The van der Waals surface area contributed by atoms with E-state index in [0.29, 0.717) is 31.7 Å². The first-order valence-corrected chi connectivity index (χ1v) is 7.57. The van der Waals surface area contributed by atoms with E-state index in [1.165, 1.54) is 12.3 Å². The summed E-state index contributed by atoms with van der Waals surface area (Å²) in [5.41, 5.74) is 0.265. The molecule has 0 atom stereocenters. The first-order chi connectivity index (χ1) is 11.1. The number of phenols is 1. The Morgan fingerprint density at radius 1 is 1.13 bits per heavy atom. The van der Waals surface area contributed by atoms with Crippen LogP contribution in [0.1, 0.15) is 33.8 Å². The number of rotatable bonds is 3. The Bertz CT molecular complexity index is 688. The molecule has 0 saturated carbocycles. The summed E-state index contributed by atoms with van der Waals surface area (Å²) in [6.07, 6.45) is 2.82. The van der Waals surface area contributed by atoms with Crippen LogP contribution < -0.4 is 5.32 Å². The summed E-state index contributed by atoms with van der Waals surface area (Å²) in [4.78, 5) is 26.1. The highest BCUT2D eigenvalue weighted by molar-refractivity contribution is 5.97. The van der Waals surface area contributed by atoms with E-state index in [9.17, 15) is 14.7 Å². The van der Waals surface area contributed by atoms with Crippen LogP contribution in [0, 0.1) is 0 Å². The minimum absolute atomic E-state index is 0.0113. The van der Waals surface area contributed by atoms with E-state index < -0.39 is 0 Å². The maximum absolute atomic E-state index is 12.2. The molecule has 6 heteroatoms. The van der Waals surface area contributed by atoms with Crippen molar-refractivity contribution in [1.82, 2.24) is 10.2 Å². The van der Waals surface area contributed by atoms with Gasteiger partial charge in [-0.3, -0.25) is 9.59 Å². The number of amides is 2. The zero-order valence-corrected chi connectivity index (χ0v) is 12.6. The second kappa shape index (κ2) is 6.56. The third-order valence-corrected chi connectivity index (χ3v) is 4.00. The minimum atomic E-state index is -0.293. The molecule has 0 unspecified atom stereocenters. The summed E-state index contributed by atoms with van der Waals surface area (Å²) in [6.45, 7) is 1.12. The number of carbonyl (C=O) groups is 2. The zero-order valence-electron chi connectivity index (χ0n) is 12.6. The molecule has 1 aliphatic rings. The summed E-state index contributed by atoms with van der Waals surface area (Å²) in [7, 11) is 0. The molecule has 2 heterocycles. The zero-order chi connectivity index (χ0) is 16.2. The van der Waals surface area contributed by atoms with E-state index in [1.807, 2.05) is 0 Å². The van der Waals surface area contributed by atoms with Crippen LogP contribution >= 0.6 is 0 Å². The standard InChI is InChI=1S/C17H18N2O4/c20-14-5-2-1-4-13(14)16(21)18-12-7-9-19(10-8-12)17(22)15-6-3-11-23-15/h1-6,11-12,20H,7-10H2,(H,18,21). The van der Waals surface area contributed by atoms with Crippen LogP contribution in [-0.2, 0) is 0 Å². The molecule has 1 saturated heterocycles. The first-order valence-electron chi connectivity index (χ1n) is 7.57.